The largest absolute Gasteiger partial charge is 0.485 e. The molecule has 1 aliphatic heterocycles. The SMILES string of the molecule is O=C(NC1(CBr)CCC1)C1COc2ccccc2O1. The molecule has 0 radical (unpaired) electrons. The number of carbonyl (C=O) groups is 1. The van der Waals surface area contributed by atoms with Crippen molar-refractivity contribution in [1.29, 1.82) is 0 Å². The van der Waals surface area contributed by atoms with E-state index in [1.807, 2.05) is 24.3 Å². The molecule has 1 atom stereocenters. The zero-order valence-corrected chi connectivity index (χ0v) is 12.1. The van der Waals surface area contributed by atoms with Crippen LogP contribution < -0.4 is 14.8 Å². The van der Waals surface area contributed by atoms with E-state index in [0.717, 1.165) is 24.6 Å². The van der Waals surface area contributed by atoms with Crippen molar-refractivity contribution in [1.82, 2.24) is 5.32 Å². The van der Waals surface area contributed by atoms with Crippen molar-refractivity contribution in [3.63, 3.8) is 0 Å². The smallest absolute Gasteiger partial charge is 0.265 e. The Balaban J connectivity index is 1.66. The molecule has 2 aliphatic rings. The summed E-state index contributed by atoms with van der Waals surface area (Å²) in [5.41, 5.74) is -0.0859. The van der Waals surface area contributed by atoms with E-state index < -0.39 is 6.10 Å². The molecule has 0 saturated heterocycles. The van der Waals surface area contributed by atoms with Crippen LogP contribution in [0.2, 0.25) is 0 Å². The lowest BCUT2D eigenvalue weighted by molar-refractivity contribution is -0.133. The first-order valence-corrected chi connectivity index (χ1v) is 7.61. The average Bonchev–Trinajstić information content (AvgIpc) is 2.42. The molecule has 1 aromatic carbocycles. The van der Waals surface area contributed by atoms with E-state index in [2.05, 4.69) is 21.2 Å². The van der Waals surface area contributed by atoms with E-state index in [1.54, 1.807) is 0 Å². The van der Waals surface area contributed by atoms with Crippen molar-refractivity contribution >= 4 is 21.8 Å². The summed E-state index contributed by atoms with van der Waals surface area (Å²) in [7, 11) is 0. The van der Waals surface area contributed by atoms with Crippen LogP contribution in [-0.4, -0.2) is 29.5 Å². The van der Waals surface area contributed by atoms with Gasteiger partial charge in [0.05, 0.1) is 0 Å². The van der Waals surface area contributed by atoms with Crippen LogP contribution in [0.1, 0.15) is 19.3 Å². The van der Waals surface area contributed by atoms with Gasteiger partial charge >= 0.3 is 0 Å². The molecule has 1 unspecified atom stereocenters. The Hall–Kier alpha value is -1.23. The monoisotopic (exact) mass is 325 g/mol. The third-order valence-corrected chi connectivity index (χ3v) is 4.83. The number of fused-ring (bicyclic) bond motifs is 1. The molecule has 3 rings (SSSR count). The summed E-state index contributed by atoms with van der Waals surface area (Å²) in [6.07, 6.45) is 2.64. The number of nitrogens with one attached hydrogen (secondary N) is 1. The Morgan fingerprint density at radius 1 is 1.37 bits per heavy atom. The van der Waals surface area contributed by atoms with Gasteiger partial charge in [-0.1, -0.05) is 28.1 Å². The minimum absolute atomic E-state index is 0.0859. The standard InChI is InChI=1S/C14H16BrNO3/c15-9-14(6-3-7-14)16-13(17)12-8-18-10-4-1-2-5-11(10)19-12/h1-2,4-5,12H,3,6-9H2,(H,16,17). The zero-order chi connectivity index (χ0) is 13.3. The fourth-order valence-electron chi connectivity index (χ4n) is 2.39. The molecule has 102 valence electrons. The highest BCUT2D eigenvalue weighted by molar-refractivity contribution is 9.09. The number of ether oxygens (including phenoxy) is 2. The van der Waals surface area contributed by atoms with Crippen LogP contribution in [-0.2, 0) is 4.79 Å². The van der Waals surface area contributed by atoms with Crippen molar-refractivity contribution < 1.29 is 14.3 Å². The van der Waals surface area contributed by atoms with Crippen LogP contribution >= 0.6 is 15.9 Å². The summed E-state index contributed by atoms with van der Waals surface area (Å²) in [4.78, 5) is 12.2. The molecule has 1 aromatic rings. The summed E-state index contributed by atoms with van der Waals surface area (Å²) >= 11 is 3.47. The van der Waals surface area contributed by atoms with E-state index in [0.29, 0.717) is 11.5 Å². The number of hydrogen-bond acceptors (Lipinski definition) is 3. The van der Waals surface area contributed by atoms with Crippen LogP contribution in [0.4, 0.5) is 0 Å². The number of carbonyl (C=O) groups excluding carboxylic acids is 1. The summed E-state index contributed by atoms with van der Waals surface area (Å²) in [6, 6.07) is 7.42. The van der Waals surface area contributed by atoms with Gasteiger partial charge in [-0.05, 0) is 31.4 Å². The second-order valence-corrected chi connectivity index (χ2v) is 5.68. The van der Waals surface area contributed by atoms with E-state index >= 15 is 0 Å². The number of halogens is 1. The Morgan fingerprint density at radius 2 is 2.11 bits per heavy atom. The molecule has 4 nitrogen and oxygen atoms in total. The van der Waals surface area contributed by atoms with Gasteiger partial charge in [0, 0.05) is 10.9 Å². The summed E-state index contributed by atoms with van der Waals surface area (Å²) < 4.78 is 11.3. The number of benzene rings is 1. The van der Waals surface area contributed by atoms with Crippen molar-refractivity contribution in [2.24, 2.45) is 0 Å². The van der Waals surface area contributed by atoms with Crippen LogP contribution in [0.5, 0.6) is 11.5 Å². The number of rotatable bonds is 3. The fraction of sp³-hybridized carbons (Fsp3) is 0.500. The second-order valence-electron chi connectivity index (χ2n) is 5.12. The van der Waals surface area contributed by atoms with E-state index in [-0.39, 0.29) is 18.1 Å². The molecule has 0 bridgehead atoms. The molecule has 1 amide bonds. The second kappa shape index (κ2) is 5.04. The van der Waals surface area contributed by atoms with Gasteiger partial charge in [0.2, 0.25) is 6.10 Å². The maximum atomic E-state index is 12.2. The van der Waals surface area contributed by atoms with Gasteiger partial charge in [0.1, 0.15) is 6.61 Å². The quantitative estimate of drug-likeness (QED) is 0.867. The first kappa shape index (κ1) is 12.8. The zero-order valence-electron chi connectivity index (χ0n) is 10.5. The molecule has 1 N–H and O–H groups in total. The number of hydrogen-bond donors (Lipinski definition) is 1. The van der Waals surface area contributed by atoms with Crippen LogP contribution in [0.15, 0.2) is 24.3 Å². The van der Waals surface area contributed by atoms with Gasteiger partial charge in [0.25, 0.3) is 5.91 Å². The third-order valence-electron chi connectivity index (χ3n) is 3.76. The van der Waals surface area contributed by atoms with Crippen molar-refractivity contribution in [2.75, 3.05) is 11.9 Å². The Bertz CT molecular complexity index is 482. The summed E-state index contributed by atoms with van der Waals surface area (Å²) in [6.45, 7) is 0.265. The van der Waals surface area contributed by atoms with Gasteiger partial charge in [-0.15, -0.1) is 0 Å². The molecule has 1 saturated carbocycles. The lowest BCUT2D eigenvalue weighted by Crippen LogP contribution is -2.59. The van der Waals surface area contributed by atoms with E-state index in [4.69, 9.17) is 9.47 Å². The molecule has 1 heterocycles. The normalized spacial score (nSPS) is 23.3. The van der Waals surface area contributed by atoms with Gasteiger partial charge < -0.3 is 14.8 Å². The van der Waals surface area contributed by atoms with Crippen LogP contribution in [0.25, 0.3) is 0 Å². The predicted molar refractivity (Wildman–Crippen MR) is 74.9 cm³/mol. The third kappa shape index (κ3) is 2.43. The Morgan fingerprint density at radius 3 is 2.74 bits per heavy atom. The van der Waals surface area contributed by atoms with Crippen molar-refractivity contribution in [3.8, 4) is 11.5 Å². The number of amides is 1. The predicted octanol–water partition coefficient (Wildman–Crippen LogP) is 2.26. The van der Waals surface area contributed by atoms with Gasteiger partial charge in [-0.2, -0.15) is 0 Å². The molecule has 1 fully saturated rings. The van der Waals surface area contributed by atoms with Gasteiger partial charge in [0.15, 0.2) is 11.5 Å². The Kier molecular flexibility index (Phi) is 3.39. The van der Waals surface area contributed by atoms with Crippen LogP contribution in [0.3, 0.4) is 0 Å². The number of alkyl halides is 1. The maximum absolute atomic E-state index is 12.2. The molecule has 19 heavy (non-hydrogen) atoms. The molecular formula is C14H16BrNO3. The summed E-state index contributed by atoms with van der Waals surface area (Å²) in [5.74, 6) is 1.24. The minimum atomic E-state index is -0.563. The van der Waals surface area contributed by atoms with E-state index in [9.17, 15) is 4.79 Å². The molecular weight excluding hydrogens is 310 g/mol. The van der Waals surface area contributed by atoms with E-state index in [1.165, 1.54) is 0 Å². The van der Waals surface area contributed by atoms with Gasteiger partial charge in [-0.3, -0.25) is 4.79 Å². The maximum Gasteiger partial charge on any atom is 0.265 e. The van der Waals surface area contributed by atoms with Crippen molar-refractivity contribution in [2.45, 2.75) is 30.9 Å². The fourth-order valence-corrected chi connectivity index (χ4v) is 3.09. The molecule has 5 heteroatoms. The van der Waals surface area contributed by atoms with Crippen LogP contribution in [0, 0.1) is 0 Å². The first-order valence-electron chi connectivity index (χ1n) is 6.49. The lowest BCUT2D eigenvalue weighted by Gasteiger charge is -2.42. The highest BCUT2D eigenvalue weighted by Gasteiger charge is 2.40. The number of para-hydroxylation sites is 2. The molecule has 0 aromatic heterocycles. The highest BCUT2D eigenvalue weighted by Crippen LogP contribution is 2.34. The van der Waals surface area contributed by atoms with Crippen molar-refractivity contribution in [3.05, 3.63) is 24.3 Å². The lowest BCUT2D eigenvalue weighted by atomic mass is 9.78. The minimum Gasteiger partial charge on any atom is -0.485 e. The molecule has 0 spiro atoms. The Labute approximate surface area is 120 Å². The topological polar surface area (TPSA) is 47.6 Å². The summed E-state index contributed by atoms with van der Waals surface area (Å²) in [5, 5.41) is 3.88. The first-order chi connectivity index (χ1) is 9.22. The van der Waals surface area contributed by atoms with Gasteiger partial charge in [-0.25, -0.2) is 0 Å². The highest BCUT2D eigenvalue weighted by atomic mass is 79.9. The average molecular weight is 326 g/mol. The molecule has 1 aliphatic carbocycles.